The smallest absolute Gasteiger partial charge is 0.408 e. The summed E-state index contributed by atoms with van der Waals surface area (Å²) in [6, 6.07) is 8.54. The van der Waals surface area contributed by atoms with E-state index in [1.165, 1.54) is 0 Å². The molecule has 0 saturated heterocycles. The maximum absolute atomic E-state index is 11.8. The number of nitrogens with one attached hydrogen (secondary N) is 1. The van der Waals surface area contributed by atoms with Crippen LogP contribution in [0, 0.1) is 0 Å². The standard InChI is InChI=1S/C16H21NO4/c1-3-8-14(15(18)20-11-4-2)17-16(19)21-12-13-9-6-5-7-10-13/h3,5-7,9-10,14H,1,4,8,11-12H2,2H3,(H,17,19). The molecule has 0 bridgehead atoms. The molecule has 1 rings (SSSR count). The molecule has 0 aromatic heterocycles. The maximum atomic E-state index is 11.8. The predicted molar refractivity (Wildman–Crippen MR) is 79.6 cm³/mol. The molecule has 0 spiro atoms. The van der Waals surface area contributed by atoms with E-state index in [0.29, 0.717) is 13.0 Å². The molecule has 1 atom stereocenters. The highest BCUT2D eigenvalue weighted by Crippen LogP contribution is 2.02. The van der Waals surface area contributed by atoms with Crippen LogP contribution in [0.15, 0.2) is 43.0 Å². The Morgan fingerprint density at radius 1 is 1.29 bits per heavy atom. The van der Waals surface area contributed by atoms with Crippen LogP contribution in [0.3, 0.4) is 0 Å². The monoisotopic (exact) mass is 291 g/mol. The molecular formula is C16H21NO4. The van der Waals surface area contributed by atoms with Crippen LogP contribution in [0.1, 0.15) is 25.3 Å². The van der Waals surface area contributed by atoms with E-state index in [1.54, 1.807) is 6.08 Å². The second-order valence-electron chi connectivity index (χ2n) is 4.45. The molecule has 0 heterocycles. The zero-order valence-electron chi connectivity index (χ0n) is 12.2. The van der Waals surface area contributed by atoms with Crippen LogP contribution in [0.2, 0.25) is 0 Å². The molecule has 1 unspecified atom stereocenters. The zero-order valence-corrected chi connectivity index (χ0v) is 12.2. The van der Waals surface area contributed by atoms with Crippen molar-refractivity contribution < 1.29 is 19.1 Å². The first-order chi connectivity index (χ1) is 10.2. The third-order valence-corrected chi connectivity index (χ3v) is 2.64. The molecule has 5 heteroatoms. The van der Waals surface area contributed by atoms with Crippen molar-refractivity contribution in [3.05, 3.63) is 48.6 Å². The van der Waals surface area contributed by atoms with Crippen LogP contribution in [-0.2, 0) is 20.9 Å². The summed E-state index contributed by atoms with van der Waals surface area (Å²) in [5.74, 6) is -0.478. The first kappa shape index (κ1) is 16.8. The fraction of sp³-hybridized carbons (Fsp3) is 0.375. The average Bonchev–Trinajstić information content (AvgIpc) is 2.51. The van der Waals surface area contributed by atoms with Gasteiger partial charge in [-0.05, 0) is 18.4 Å². The van der Waals surface area contributed by atoms with Crippen molar-refractivity contribution in [1.29, 1.82) is 0 Å². The van der Waals surface area contributed by atoms with E-state index in [4.69, 9.17) is 9.47 Å². The number of ether oxygens (including phenoxy) is 2. The van der Waals surface area contributed by atoms with Gasteiger partial charge < -0.3 is 14.8 Å². The molecule has 1 amide bonds. The average molecular weight is 291 g/mol. The third-order valence-electron chi connectivity index (χ3n) is 2.64. The van der Waals surface area contributed by atoms with Gasteiger partial charge in [-0.2, -0.15) is 0 Å². The third kappa shape index (κ3) is 6.61. The van der Waals surface area contributed by atoms with E-state index >= 15 is 0 Å². The second-order valence-corrected chi connectivity index (χ2v) is 4.45. The molecule has 0 aliphatic heterocycles. The Balaban J connectivity index is 2.44. The Morgan fingerprint density at radius 2 is 2.00 bits per heavy atom. The number of rotatable bonds is 8. The number of amides is 1. The Labute approximate surface area is 124 Å². The maximum Gasteiger partial charge on any atom is 0.408 e. The Morgan fingerprint density at radius 3 is 2.62 bits per heavy atom. The normalized spacial score (nSPS) is 11.3. The minimum Gasteiger partial charge on any atom is -0.464 e. The number of alkyl carbamates (subject to hydrolysis) is 1. The zero-order chi connectivity index (χ0) is 15.5. The predicted octanol–water partition coefficient (Wildman–Crippen LogP) is 2.81. The number of hydrogen-bond donors (Lipinski definition) is 1. The minimum atomic E-state index is -0.766. The van der Waals surface area contributed by atoms with Gasteiger partial charge in [-0.25, -0.2) is 9.59 Å². The molecule has 1 aromatic carbocycles. The van der Waals surface area contributed by atoms with E-state index in [0.717, 1.165) is 12.0 Å². The van der Waals surface area contributed by atoms with Crippen LogP contribution in [0.5, 0.6) is 0 Å². The number of hydrogen-bond acceptors (Lipinski definition) is 4. The van der Waals surface area contributed by atoms with Crippen LogP contribution < -0.4 is 5.32 Å². The summed E-state index contributed by atoms with van der Waals surface area (Å²) >= 11 is 0. The number of carbonyl (C=O) groups excluding carboxylic acids is 2. The lowest BCUT2D eigenvalue weighted by molar-refractivity contribution is -0.146. The molecule has 0 radical (unpaired) electrons. The summed E-state index contributed by atoms with van der Waals surface area (Å²) < 4.78 is 10.1. The largest absolute Gasteiger partial charge is 0.464 e. The molecule has 0 aliphatic carbocycles. The number of benzene rings is 1. The van der Waals surface area contributed by atoms with E-state index in [2.05, 4.69) is 11.9 Å². The highest BCUT2D eigenvalue weighted by molar-refractivity contribution is 5.81. The van der Waals surface area contributed by atoms with Crippen molar-refractivity contribution in [1.82, 2.24) is 5.32 Å². The van der Waals surface area contributed by atoms with Gasteiger partial charge in [0, 0.05) is 0 Å². The van der Waals surface area contributed by atoms with Gasteiger partial charge in [0.05, 0.1) is 6.61 Å². The van der Waals surface area contributed by atoms with E-state index in [1.807, 2.05) is 37.3 Å². The Kier molecular flexibility index (Phi) is 7.64. The molecule has 0 saturated carbocycles. The van der Waals surface area contributed by atoms with Gasteiger partial charge in [0.2, 0.25) is 0 Å². The first-order valence-corrected chi connectivity index (χ1v) is 6.92. The van der Waals surface area contributed by atoms with E-state index < -0.39 is 18.1 Å². The fourth-order valence-corrected chi connectivity index (χ4v) is 1.59. The van der Waals surface area contributed by atoms with Gasteiger partial charge in [-0.3, -0.25) is 0 Å². The summed E-state index contributed by atoms with van der Waals surface area (Å²) in [7, 11) is 0. The van der Waals surface area contributed by atoms with Gasteiger partial charge in [0.15, 0.2) is 0 Å². The SMILES string of the molecule is C=CCC(NC(=O)OCc1ccccc1)C(=O)OCCC. The summed E-state index contributed by atoms with van der Waals surface area (Å²) in [5, 5.41) is 2.49. The van der Waals surface area contributed by atoms with Gasteiger partial charge in [-0.15, -0.1) is 6.58 Å². The molecule has 5 nitrogen and oxygen atoms in total. The van der Waals surface area contributed by atoms with Gasteiger partial charge in [0.1, 0.15) is 12.6 Å². The molecule has 0 fully saturated rings. The van der Waals surface area contributed by atoms with Crippen molar-refractivity contribution in [2.75, 3.05) is 6.61 Å². The quantitative estimate of drug-likeness (QED) is 0.591. The van der Waals surface area contributed by atoms with Crippen molar-refractivity contribution in [3.8, 4) is 0 Å². The van der Waals surface area contributed by atoms with Gasteiger partial charge >= 0.3 is 12.1 Å². The van der Waals surface area contributed by atoms with Crippen molar-refractivity contribution >= 4 is 12.1 Å². The summed E-state index contributed by atoms with van der Waals surface area (Å²) in [5.41, 5.74) is 0.876. The van der Waals surface area contributed by atoms with E-state index in [-0.39, 0.29) is 6.61 Å². The van der Waals surface area contributed by atoms with E-state index in [9.17, 15) is 9.59 Å². The summed E-state index contributed by atoms with van der Waals surface area (Å²) in [4.78, 5) is 23.5. The lowest BCUT2D eigenvalue weighted by Crippen LogP contribution is -2.41. The highest BCUT2D eigenvalue weighted by Gasteiger charge is 2.21. The summed E-state index contributed by atoms with van der Waals surface area (Å²) in [6.07, 6.45) is 1.92. The molecule has 0 aliphatic rings. The van der Waals surface area contributed by atoms with Crippen molar-refractivity contribution in [2.45, 2.75) is 32.4 Å². The molecule has 114 valence electrons. The Hall–Kier alpha value is -2.30. The lowest BCUT2D eigenvalue weighted by Gasteiger charge is -2.16. The molecule has 1 aromatic rings. The van der Waals surface area contributed by atoms with Crippen LogP contribution in [0.25, 0.3) is 0 Å². The topological polar surface area (TPSA) is 64.6 Å². The number of esters is 1. The fourth-order valence-electron chi connectivity index (χ4n) is 1.59. The highest BCUT2D eigenvalue weighted by atomic mass is 16.6. The van der Waals surface area contributed by atoms with Crippen molar-refractivity contribution in [3.63, 3.8) is 0 Å². The first-order valence-electron chi connectivity index (χ1n) is 6.92. The molecular weight excluding hydrogens is 270 g/mol. The minimum absolute atomic E-state index is 0.150. The second kappa shape index (κ2) is 9.58. The van der Waals surface area contributed by atoms with Crippen molar-refractivity contribution in [2.24, 2.45) is 0 Å². The molecule has 1 N–H and O–H groups in total. The number of carbonyl (C=O) groups is 2. The lowest BCUT2D eigenvalue weighted by atomic mass is 10.2. The van der Waals surface area contributed by atoms with Gasteiger partial charge in [-0.1, -0.05) is 43.3 Å². The molecule has 21 heavy (non-hydrogen) atoms. The van der Waals surface area contributed by atoms with Crippen LogP contribution in [-0.4, -0.2) is 24.7 Å². The van der Waals surface area contributed by atoms with Gasteiger partial charge in [0.25, 0.3) is 0 Å². The summed E-state index contributed by atoms with van der Waals surface area (Å²) in [6.45, 7) is 5.94. The van der Waals surface area contributed by atoms with Crippen LogP contribution >= 0.6 is 0 Å². The Bertz CT molecular complexity index is 459. The van der Waals surface area contributed by atoms with Crippen LogP contribution in [0.4, 0.5) is 4.79 Å².